The quantitative estimate of drug-likeness (QED) is 0.257. The molecule has 0 spiro atoms. The fourth-order valence-corrected chi connectivity index (χ4v) is 5.58. The standard InChI is InChI=1S/C29H32F3N7O4/c1-16-6-22(24(11-33-16)43-21-8-18-13-42-14-19(9-21)34-18)17-4-5-39-20(7-17)10-25(36-39)35-23-12-38(15-28(2,3)41)37-26(23)27(40)29(30,31)32/h4-7,10-12,18-19,21,34,41H,8-9,13-15H2,1-3H3,(H,35,36). The number of nitrogens with one attached hydrogen (secondary N) is 2. The van der Waals surface area contributed by atoms with Gasteiger partial charge in [0.2, 0.25) is 0 Å². The number of anilines is 2. The molecule has 0 aliphatic carbocycles. The summed E-state index contributed by atoms with van der Waals surface area (Å²) in [4.78, 5) is 16.6. The van der Waals surface area contributed by atoms with E-state index in [1.165, 1.54) is 20.0 Å². The molecule has 2 unspecified atom stereocenters. The third kappa shape index (κ3) is 6.50. The summed E-state index contributed by atoms with van der Waals surface area (Å²) in [7, 11) is 0. The van der Waals surface area contributed by atoms with Crippen molar-refractivity contribution in [2.45, 2.75) is 70.1 Å². The van der Waals surface area contributed by atoms with Crippen LogP contribution in [-0.4, -0.2) is 78.4 Å². The lowest BCUT2D eigenvalue weighted by Crippen LogP contribution is -2.56. The first-order valence-electron chi connectivity index (χ1n) is 14.0. The maximum Gasteiger partial charge on any atom is 0.456 e. The van der Waals surface area contributed by atoms with Crippen molar-refractivity contribution in [3.05, 3.63) is 54.2 Å². The first-order chi connectivity index (χ1) is 20.3. The van der Waals surface area contributed by atoms with Gasteiger partial charge < -0.3 is 25.2 Å². The second-order valence-electron chi connectivity index (χ2n) is 11.8. The van der Waals surface area contributed by atoms with Crippen LogP contribution in [0.2, 0.25) is 0 Å². The van der Waals surface area contributed by atoms with Crippen LogP contribution in [-0.2, 0) is 11.3 Å². The molecule has 0 radical (unpaired) electrons. The van der Waals surface area contributed by atoms with Crippen LogP contribution in [0.5, 0.6) is 5.75 Å². The molecule has 0 aromatic carbocycles. The number of alkyl halides is 3. The maximum absolute atomic E-state index is 13.3. The molecule has 2 aliphatic heterocycles. The van der Waals surface area contributed by atoms with Gasteiger partial charge in [0, 0.05) is 54.6 Å². The van der Waals surface area contributed by atoms with Gasteiger partial charge in [-0.1, -0.05) is 0 Å². The Bertz CT molecular complexity index is 1650. The Balaban J connectivity index is 1.28. The number of hydrogen-bond acceptors (Lipinski definition) is 9. The van der Waals surface area contributed by atoms with E-state index in [1.807, 2.05) is 25.1 Å². The fraction of sp³-hybridized carbons (Fsp3) is 0.448. The van der Waals surface area contributed by atoms with Crippen LogP contribution in [0.4, 0.5) is 24.7 Å². The van der Waals surface area contributed by atoms with Gasteiger partial charge in [-0.3, -0.25) is 14.5 Å². The number of aromatic nitrogens is 5. The first kappa shape index (κ1) is 29.1. The zero-order valence-electron chi connectivity index (χ0n) is 23.9. The Morgan fingerprint density at radius 1 is 1.19 bits per heavy atom. The second kappa shape index (κ2) is 10.9. The first-order valence-corrected chi connectivity index (χ1v) is 14.0. The lowest BCUT2D eigenvalue weighted by molar-refractivity contribution is -0.0888. The summed E-state index contributed by atoms with van der Waals surface area (Å²) in [6.07, 6.45) is 1.26. The Hall–Kier alpha value is -4.01. The van der Waals surface area contributed by atoms with E-state index in [9.17, 15) is 23.1 Å². The minimum Gasteiger partial charge on any atom is -0.488 e. The number of pyridine rings is 2. The summed E-state index contributed by atoms with van der Waals surface area (Å²) < 4.78 is 54.8. The summed E-state index contributed by atoms with van der Waals surface area (Å²) in [5, 5.41) is 24.7. The number of aryl methyl sites for hydroxylation is 1. The van der Waals surface area contributed by atoms with Crippen LogP contribution in [0, 0.1) is 6.92 Å². The monoisotopic (exact) mass is 599 g/mol. The molecule has 2 aliphatic rings. The van der Waals surface area contributed by atoms with E-state index in [4.69, 9.17) is 9.47 Å². The highest BCUT2D eigenvalue weighted by Gasteiger charge is 2.42. The Morgan fingerprint density at radius 3 is 2.63 bits per heavy atom. The molecule has 43 heavy (non-hydrogen) atoms. The van der Waals surface area contributed by atoms with Gasteiger partial charge in [0.05, 0.1) is 42.8 Å². The predicted molar refractivity (Wildman–Crippen MR) is 151 cm³/mol. The van der Waals surface area contributed by atoms with E-state index in [0.29, 0.717) is 24.5 Å². The molecule has 0 amide bonds. The van der Waals surface area contributed by atoms with Gasteiger partial charge in [-0.15, -0.1) is 0 Å². The van der Waals surface area contributed by atoms with Crippen molar-refractivity contribution in [1.29, 1.82) is 0 Å². The topological polar surface area (TPSA) is 128 Å². The van der Waals surface area contributed by atoms with Gasteiger partial charge in [-0.25, -0.2) is 4.52 Å². The molecule has 0 saturated carbocycles. The number of ketones is 1. The summed E-state index contributed by atoms with van der Waals surface area (Å²) >= 11 is 0. The Labute approximate surface area is 245 Å². The molecule has 2 saturated heterocycles. The number of fused-ring (bicyclic) bond motifs is 3. The van der Waals surface area contributed by atoms with Crippen LogP contribution in [0.3, 0.4) is 0 Å². The van der Waals surface area contributed by atoms with Gasteiger partial charge in [-0.2, -0.15) is 23.4 Å². The number of morpholine rings is 1. The number of rotatable bonds is 8. The van der Waals surface area contributed by atoms with Gasteiger partial charge in [0.1, 0.15) is 11.9 Å². The summed E-state index contributed by atoms with van der Waals surface area (Å²) in [6, 6.07) is 7.88. The van der Waals surface area contributed by atoms with Crippen LogP contribution in [0.1, 0.15) is 42.9 Å². The average Bonchev–Trinajstić information content (AvgIpc) is 3.50. The van der Waals surface area contributed by atoms with Gasteiger partial charge >= 0.3 is 6.18 Å². The number of ether oxygens (including phenoxy) is 2. The van der Waals surface area contributed by atoms with E-state index in [2.05, 4.69) is 25.8 Å². The number of nitrogens with zero attached hydrogens (tertiary/aromatic N) is 5. The van der Waals surface area contributed by atoms with Crippen molar-refractivity contribution < 1.29 is 32.5 Å². The lowest BCUT2D eigenvalue weighted by Gasteiger charge is -2.40. The Morgan fingerprint density at radius 2 is 1.93 bits per heavy atom. The SMILES string of the molecule is Cc1cc(-c2ccn3nc(Nc4cn(CC(C)(C)O)nc4C(=O)C(F)(F)F)cc3c2)c(OC2CC3COCC(C2)N3)cn1. The van der Waals surface area contributed by atoms with Crippen molar-refractivity contribution in [1.82, 2.24) is 29.7 Å². The van der Waals surface area contributed by atoms with E-state index in [1.54, 1.807) is 23.0 Å². The lowest BCUT2D eigenvalue weighted by atomic mass is 9.94. The van der Waals surface area contributed by atoms with E-state index >= 15 is 0 Å². The largest absolute Gasteiger partial charge is 0.488 e. The zero-order valence-corrected chi connectivity index (χ0v) is 23.9. The molecule has 6 heterocycles. The van der Waals surface area contributed by atoms with Crippen LogP contribution in [0.15, 0.2) is 42.9 Å². The highest BCUT2D eigenvalue weighted by Crippen LogP contribution is 2.34. The van der Waals surface area contributed by atoms with E-state index in [-0.39, 0.29) is 36.2 Å². The number of aliphatic hydroxyl groups is 1. The molecule has 228 valence electrons. The third-order valence-electron chi connectivity index (χ3n) is 7.32. The number of carbonyl (C=O) groups excluding carboxylic acids is 1. The fourth-order valence-electron chi connectivity index (χ4n) is 5.58. The molecule has 11 nitrogen and oxygen atoms in total. The number of Topliss-reactive ketones (excluding diaryl/α,β-unsaturated/α-hetero) is 1. The van der Waals surface area contributed by atoms with Crippen molar-refractivity contribution >= 4 is 22.8 Å². The van der Waals surface area contributed by atoms with Crippen molar-refractivity contribution in [3.8, 4) is 16.9 Å². The molecule has 2 fully saturated rings. The molecule has 2 atom stereocenters. The van der Waals surface area contributed by atoms with E-state index in [0.717, 1.165) is 34.3 Å². The highest BCUT2D eigenvalue weighted by molar-refractivity contribution is 6.03. The normalized spacial score (nSPS) is 20.8. The van der Waals surface area contributed by atoms with Crippen molar-refractivity contribution in [2.75, 3.05) is 18.5 Å². The molecular formula is C29H32F3N7O4. The van der Waals surface area contributed by atoms with Crippen molar-refractivity contribution in [3.63, 3.8) is 0 Å². The molecule has 6 rings (SSSR count). The number of piperidine rings is 1. The van der Waals surface area contributed by atoms with Crippen LogP contribution in [0.25, 0.3) is 16.6 Å². The molecule has 4 aromatic heterocycles. The van der Waals surface area contributed by atoms with E-state index < -0.39 is 23.3 Å². The second-order valence-corrected chi connectivity index (χ2v) is 11.8. The van der Waals surface area contributed by atoms with Crippen LogP contribution >= 0.6 is 0 Å². The number of carbonyl (C=O) groups is 1. The average molecular weight is 600 g/mol. The number of hydrogen-bond donors (Lipinski definition) is 3. The highest BCUT2D eigenvalue weighted by atomic mass is 19.4. The van der Waals surface area contributed by atoms with Gasteiger partial charge in [0.25, 0.3) is 5.78 Å². The zero-order chi connectivity index (χ0) is 30.5. The maximum atomic E-state index is 13.3. The number of halogens is 3. The summed E-state index contributed by atoms with van der Waals surface area (Å²) in [5.74, 6) is -1.23. The minimum atomic E-state index is -5.12. The smallest absolute Gasteiger partial charge is 0.456 e. The molecule has 4 aromatic rings. The minimum absolute atomic E-state index is 0.0174. The molecule has 14 heteroatoms. The summed E-state index contributed by atoms with van der Waals surface area (Å²) in [5.41, 5.74) is 0.931. The Kier molecular flexibility index (Phi) is 7.39. The molecular weight excluding hydrogens is 567 g/mol. The summed E-state index contributed by atoms with van der Waals surface area (Å²) in [6.45, 7) is 6.07. The van der Waals surface area contributed by atoms with Gasteiger partial charge in [0.15, 0.2) is 11.5 Å². The van der Waals surface area contributed by atoms with Gasteiger partial charge in [-0.05, 0) is 44.5 Å². The molecule has 3 N–H and O–H groups in total. The molecule has 2 bridgehead atoms. The third-order valence-corrected chi connectivity index (χ3v) is 7.32. The van der Waals surface area contributed by atoms with Crippen molar-refractivity contribution in [2.24, 2.45) is 0 Å². The van der Waals surface area contributed by atoms with Crippen LogP contribution < -0.4 is 15.4 Å². The predicted octanol–water partition coefficient (Wildman–Crippen LogP) is 4.06.